The molecule has 2 N–H and O–H groups in total. The first-order chi connectivity index (χ1) is 29.7. The van der Waals surface area contributed by atoms with Gasteiger partial charge in [0.15, 0.2) is 0 Å². The Morgan fingerprint density at radius 3 is 1.68 bits per heavy atom. The van der Waals surface area contributed by atoms with Crippen LogP contribution in [-0.2, 0) is 19.1 Å². The topological polar surface area (TPSA) is 207 Å². The van der Waals surface area contributed by atoms with Crippen molar-refractivity contribution in [3.63, 3.8) is 0 Å². The van der Waals surface area contributed by atoms with E-state index in [4.69, 9.17) is 9.47 Å². The van der Waals surface area contributed by atoms with E-state index >= 15 is 0 Å². The van der Waals surface area contributed by atoms with Crippen LogP contribution in [0.25, 0.3) is 11.0 Å². The Morgan fingerprint density at radius 1 is 0.708 bits per heavy atom. The molecule has 0 radical (unpaired) electrons. The average molecular weight is 911 g/mol. The molecule has 1 aromatic carbocycles. The fourth-order valence-electron chi connectivity index (χ4n) is 10.1. The monoisotopic (exact) mass is 911 g/mol. The molecule has 0 saturated carbocycles. The lowest BCUT2D eigenvalue weighted by Crippen LogP contribution is -2.61. The van der Waals surface area contributed by atoms with Crippen LogP contribution in [0.5, 0.6) is 0 Å². The van der Waals surface area contributed by atoms with Crippen LogP contribution in [0.3, 0.4) is 0 Å². The highest BCUT2D eigenvalue weighted by Gasteiger charge is 2.54. The number of benzene rings is 1. The Kier molecular flexibility index (Phi) is 15.6. The summed E-state index contributed by atoms with van der Waals surface area (Å²) < 4.78 is 15.1. The molecule has 4 atom stereocenters. The first kappa shape index (κ1) is 53.2. The number of aromatic nitrogens is 4. The molecule has 2 saturated heterocycles. The number of nitrogens with zero attached hydrogens (tertiary/aromatic N) is 6. The molecule has 65 heavy (non-hydrogen) atoms. The number of hydroxylamine groups is 4. The maximum absolute atomic E-state index is 13.2. The standard InChI is InChI=1S/C25H37N3O5.C24H41N3O5/c1-9-18(19-10-11-20-21(13-19)27(31)17(4)16(3)26(20)30)12-15(2)23(29)33-22-14-24(5,6)28(32)25(22,7)8;1-11-18(20-17(4)25(29)15(2)16(3)26(20)30)12-22(5,6)21(28)32-19-13-23(7,8)27(31)24(9,10)14-19/h10-11,13,15,18,22,32H,9,12,14H2,1-8H3;18-19,31H,11-14H2,1-10H3. The summed E-state index contributed by atoms with van der Waals surface area (Å²) in [5.74, 6) is -1.21. The van der Waals surface area contributed by atoms with Crippen LogP contribution in [0.15, 0.2) is 18.2 Å². The highest BCUT2D eigenvalue weighted by atomic mass is 16.6. The molecular formula is C49H78N6O10. The van der Waals surface area contributed by atoms with Gasteiger partial charge in [-0.2, -0.15) is 29.0 Å². The Hall–Kier alpha value is -4.38. The second-order valence-electron chi connectivity index (χ2n) is 22.0. The first-order valence-electron chi connectivity index (χ1n) is 23.2. The van der Waals surface area contributed by atoms with Gasteiger partial charge in [0.25, 0.3) is 45.2 Å². The molecule has 364 valence electrons. The van der Waals surface area contributed by atoms with Crippen LogP contribution in [0.2, 0.25) is 0 Å². The Labute approximate surface area is 386 Å². The number of esters is 2. The van der Waals surface area contributed by atoms with Crippen molar-refractivity contribution in [3.8, 4) is 0 Å². The molecular weight excluding hydrogens is 833 g/mol. The molecule has 5 rings (SSSR count). The van der Waals surface area contributed by atoms with Gasteiger partial charge in [0.1, 0.15) is 12.2 Å². The Morgan fingerprint density at radius 2 is 1.18 bits per heavy atom. The predicted octanol–water partition coefficient (Wildman–Crippen LogP) is 7.55. The first-order valence-corrected chi connectivity index (χ1v) is 23.2. The minimum Gasteiger partial charge on any atom is -0.618 e. The number of hydrogen-bond donors (Lipinski definition) is 2. The Balaban J connectivity index is 0.000000285. The largest absolute Gasteiger partial charge is 0.618 e. The summed E-state index contributed by atoms with van der Waals surface area (Å²) >= 11 is 0. The molecule has 2 aromatic heterocycles. The molecule has 16 nitrogen and oxygen atoms in total. The molecule has 0 aliphatic carbocycles. The van der Waals surface area contributed by atoms with Gasteiger partial charge in [-0.15, -0.1) is 0 Å². The van der Waals surface area contributed by atoms with Crippen LogP contribution >= 0.6 is 0 Å². The maximum Gasteiger partial charge on any atom is 0.311 e. The zero-order valence-corrected chi connectivity index (χ0v) is 42.4. The van der Waals surface area contributed by atoms with Gasteiger partial charge in [-0.05, 0) is 106 Å². The Bertz CT molecular complexity index is 2210. The lowest BCUT2D eigenvalue weighted by molar-refractivity contribution is -0.685. The summed E-state index contributed by atoms with van der Waals surface area (Å²) in [5, 5.41) is 74.3. The second kappa shape index (κ2) is 19.1. The second-order valence-corrected chi connectivity index (χ2v) is 22.0. The third-order valence-corrected chi connectivity index (χ3v) is 14.5. The lowest BCUT2D eigenvalue weighted by atomic mass is 9.78. The normalized spacial score (nSPS) is 21.0. The van der Waals surface area contributed by atoms with Crippen LogP contribution in [0.1, 0.15) is 187 Å². The van der Waals surface area contributed by atoms with Crippen molar-refractivity contribution in [1.82, 2.24) is 10.1 Å². The van der Waals surface area contributed by atoms with Crippen molar-refractivity contribution >= 4 is 23.0 Å². The van der Waals surface area contributed by atoms with E-state index in [1.807, 2.05) is 96.1 Å². The third-order valence-electron chi connectivity index (χ3n) is 14.5. The number of fused-ring (bicyclic) bond motifs is 1. The SMILES string of the molecule is CCC(CC(C)(C)C(=O)OC1CC(C)(C)N(O)C(C)(C)C1)c1c(C)[n+]([O-])c(C)c(C)[n+]1[O-].CCC(CC(C)C(=O)OC1CC(C)(C)N(O)C1(C)C)c1ccc2c(c1)[n+]([O-])c(C)c(C)[n+]2[O-]. The highest BCUT2D eigenvalue weighted by molar-refractivity contribution is 5.76. The van der Waals surface area contributed by atoms with Gasteiger partial charge in [0.05, 0.1) is 22.8 Å². The molecule has 0 spiro atoms. The van der Waals surface area contributed by atoms with Gasteiger partial charge in [-0.3, -0.25) is 9.59 Å². The average Bonchev–Trinajstić information content (AvgIpc) is 3.38. The van der Waals surface area contributed by atoms with E-state index in [1.54, 1.807) is 46.8 Å². The lowest BCUT2D eigenvalue weighted by Gasteiger charge is -2.51. The van der Waals surface area contributed by atoms with Gasteiger partial charge in [-0.1, -0.05) is 26.8 Å². The van der Waals surface area contributed by atoms with Gasteiger partial charge in [-0.25, -0.2) is 0 Å². The molecule has 0 amide bonds. The highest BCUT2D eigenvalue weighted by Crippen LogP contribution is 2.43. The summed E-state index contributed by atoms with van der Waals surface area (Å²) in [7, 11) is 0. The van der Waals surface area contributed by atoms with Gasteiger partial charge < -0.3 is 40.7 Å². The van der Waals surface area contributed by atoms with Crippen LogP contribution in [-0.4, -0.2) is 66.8 Å². The molecule has 4 unspecified atom stereocenters. The van der Waals surface area contributed by atoms with Crippen LogP contribution in [0.4, 0.5) is 0 Å². The number of rotatable bonds is 12. The van der Waals surface area contributed by atoms with E-state index in [-0.39, 0.29) is 35.8 Å². The fourth-order valence-corrected chi connectivity index (χ4v) is 10.1. The zero-order chi connectivity index (χ0) is 49.7. The summed E-state index contributed by atoms with van der Waals surface area (Å²) in [4.78, 5) is 26.2. The molecule has 4 heterocycles. The molecule has 2 fully saturated rings. The molecule has 3 aromatic rings. The number of hydrogen-bond acceptors (Lipinski definition) is 12. The summed E-state index contributed by atoms with van der Waals surface area (Å²) in [6.07, 6.45) is 3.22. The predicted molar refractivity (Wildman–Crippen MR) is 245 cm³/mol. The molecule has 2 aliphatic rings. The van der Waals surface area contributed by atoms with Crippen molar-refractivity contribution in [3.05, 3.63) is 78.8 Å². The summed E-state index contributed by atoms with van der Waals surface area (Å²) in [6, 6.07) is 5.31. The van der Waals surface area contributed by atoms with Crippen molar-refractivity contribution in [2.45, 2.75) is 216 Å². The van der Waals surface area contributed by atoms with E-state index < -0.39 is 33.7 Å². The van der Waals surface area contributed by atoms with Crippen LogP contribution in [0, 0.1) is 66.8 Å². The van der Waals surface area contributed by atoms with E-state index in [9.17, 15) is 40.8 Å². The molecule has 0 bridgehead atoms. The van der Waals surface area contributed by atoms with Gasteiger partial charge in [0, 0.05) is 82.6 Å². The van der Waals surface area contributed by atoms with Crippen molar-refractivity contribution in [2.24, 2.45) is 11.3 Å². The maximum atomic E-state index is 13.2. The zero-order valence-electron chi connectivity index (χ0n) is 42.4. The number of carbonyl (C=O) groups excluding carboxylic acids is 2. The third kappa shape index (κ3) is 10.6. The minimum atomic E-state index is -0.850. The number of carbonyl (C=O) groups is 2. The number of piperidine rings is 1. The van der Waals surface area contributed by atoms with Crippen LogP contribution < -0.4 is 18.9 Å². The minimum absolute atomic E-state index is 0.0287. The van der Waals surface area contributed by atoms with Crippen molar-refractivity contribution in [2.75, 3.05) is 0 Å². The van der Waals surface area contributed by atoms with E-state index in [2.05, 4.69) is 0 Å². The summed E-state index contributed by atoms with van der Waals surface area (Å²) in [6.45, 7) is 33.0. The molecule has 2 aliphatic heterocycles. The van der Waals surface area contributed by atoms with Gasteiger partial charge >= 0.3 is 11.9 Å². The fraction of sp³-hybridized carbons (Fsp3) is 0.714. The van der Waals surface area contributed by atoms with E-state index in [0.29, 0.717) is 83.7 Å². The molecule has 16 heteroatoms. The van der Waals surface area contributed by atoms with E-state index in [1.165, 1.54) is 10.1 Å². The summed E-state index contributed by atoms with van der Waals surface area (Å²) in [5.41, 5.74) is 0.853. The van der Waals surface area contributed by atoms with Crippen molar-refractivity contribution in [1.29, 1.82) is 0 Å². The van der Waals surface area contributed by atoms with Gasteiger partial charge in [0.2, 0.25) is 0 Å². The number of ether oxygens (including phenoxy) is 2. The smallest absolute Gasteiger partial charge is 0.311 e. The van der Waals surface area contributed by atoms with E-state index in [0.717, 1.165) is 30.9 Å². The quantitative estimate of drug-likeness (QED) is 0.103. The van der Waals surface area contributed by atoms with Crippen molar-refractivity contribution < 1.29 is 48.4 Å².